The van der Waals surface area contributed by atoms with Gasteiger partial charge in [0.25, 0.3) is 5.91 Å². The van der Waals surface area contributed by atoms with Gasteiger partial charge in [-0.2, -0.15) is 5.10 Å². The van der Waals surface area contributed by atoms with E-state index in [9.17, 15) is 4.79 Å². The van der Waals surface area contributed by atoms with Crippen molar-refractivity contribution in [1.29, 1.82) is 0 Å². The molecule has 0 aliphatic carbocycles. The molecular weight excluding hydrogens is 414 g/mol. The highest BCUT2D eigenvalue weighted by molar-refractivity contribution is 7.22. The molecule has 0 radical (unpaired) electrons. The summed E-state index contributed by atoms with van der Waals surface area (Å²) in [7, 11) is 0. The number of hydrogen-bond acceptors (Lipinski definition) is 7. The number of carbonyl (C=O) groups excluding carboxylic acids is 1. The Balaban J connectivity index is 1.57. The van der Waals surface area contributed by atoms with Gasteiger partial charge in [-0.1, -0.05) is 11.3 Å². The first-order valence-electron chi connectivity index (χ1n) is 10.9. The van der Waals surface area contributed by atoms with Gasteiger partial charge in [-0.25, -0.2) is 4.98 Å². The number of aromatic nitrogens is 3. The van der Waals surface area contributed by atoms with Crippen LogP contribution in [-0.2, 0) is 11.3 Å². The molecule has 3 aromatic rings. The number of rotatable bonds is 9. The van der Waals surface area contributed by atoms with Gasteiger partial charge in [0, 0.05) is 38.9 Å². The molecule has 0 bridgehead atoms. The first kappa shape index (κ1) is 21.7. The first-order valence-corrected chi connectivity index (χ1v) is 11.7. The molecule has 1 aromatic carbocycles. The molecule has 8 nitrogen and oxygen atoms in total. The molecule has 1 fully saturated rings. The van der Waals surface area contributed by atoms with Crippen LogP contribution in [0.4, 0.5) is 5.13 Å². The molecule has 0 spiro atoms. The summed E-state index contributed by atoms with van der Waals surface area (Å²) in [6, 6.07) is 7.65. The quantitative estimate of drug-likeness (QED) is 0.505. The minimum Gasteiger partial charge on any atom is -0.494 e. The van der Waals surface area contributed by atoms with Crippen LogP contribution in [0.2, 0.25) is 0 Å². The van der Waals surface area contributed by atoms with Crippen LogP contribution in [0.15, 0.2) is 30.5 Å². The van der Waals surface area contributed by atoms with Crippen molar-refractivity contribution in [2.75, 3.05) is 50.9 Å². The van der Waals surface area contributed by atoms with Gasteiger partial charge >= 0.3 is 0 Å². The number of hydrogen-bond donors (Lipinski definition) is 0. The molecule has 0 atom stereocenters. The highest BCUT2D eigenvalue weighted by atomic mass is 32.1. The fourth-order valence-electron chi connectivity index (χ4n) is 3.73. The summed E-state index contributed by atoms with van der Waals surface area (Å²) < 4.78 is 13.8. The lowest BCUT2D eigenvalue weighted by molar-refractivity contribution is 0.0376. The number of carbonyl (C=O) groups is 1. The van der Waals surface area contributed by atoms with E-state index < -0.39 is 0 Å². The molecular formula is C22H29N5O3S. The molecule has 1 saturated heterocycles. The molecule has 3 heterocycles. The van der Waals surface area contributed by atoms with E-state index in [1.54, 1.807) is 21.8 Å². The van der Waals surface area contributed by atoms with Crippen molar-refractivity contribution in [3.63, 3.8) is 0 Å². The van der Waals surface area contributed by atoms with Gasteiger partial charge < -0.3 is 9.47 Å². The summed E-state index contributed by atoms with van der Waals surface area (Å²) in [5.41, 5.74) is 1.46. The average molecular weight is 444 g/mol. The number of fused-ring (bicyclic) bond motifs is 1. The number of anilines is 1. The SMILES string of the molecule is CCOc1ccc2nc(N(CCCN3CCOCC3)C(=O)c3ccnn3CC)sc2c1. The van der Waals surface area contributed by atoms with E-state index in [0.717, 1.165) is 55.2 Å². The van der Waals surface area contributed by atoms with Crippen LogP contribution >= 0.6 is 11.3 Å². The van der Waals surface area contributed by atoms with Crippen LogP contribution in [0.3, 0.4) is 0 Å². The van der Waals surface area contributed by atoms with Crippen molar-refractivity contribution in [3.05, 3.63) is 36.2 Å². The fourth-order valence-corrected chi connectivity index (χ4v) is 4.75. The molecule has 0 N–H and O–H groups in total. The maximum atomic E-state index is 13.5. The first-order chi connectivity index (χ1) is 15.2. The zero-order valence-corrected chi connectivity index (χ0v) is 18.9. The molecule has 166 valence electrons. The molecule has 2 aromatic heterocycles. The lowest BCUT2D eigenvalue weighted by atomic mass is 10.3. The second-order valence-corrected chi connectivity index (χ2v) is 8.36. The third-order valence-electron chi connectivity index (χ3n) is 5.33. The minimum absolute atomic E-state index is 0.0644. The lowest BCUT2D eigenvalue weighted by Gasteiger charge is -2.27. The summed E-state index contributed by atoms with van der Waals surface area (Å²) in [5, 5.41) is 4.98. The third-order valence-corrected chi connectivity index (χ3v) is 6.37. The minimum atomic E-state index is -0.0644. The highest BCUT2D eigenvalue weighted by Gasteiger charge is 2.24. The van der Waals surface area contributed by atoms with E-state index >= 15 is 0 Å². The Labute approximate surface area is 186 Å². The Kier molecular flexibility index (Phi) is 7.16. The van der Waals surface area contributed by atoms with Crippen LogP contribution in [0.5, 0.6) is 5.75 Å². The Bertz CT molecular complexity index is 1010. The summed E-state index contributed by atoms with van der Waals surface area (Å²) in [6.45, 7) is 10.2. The van der Waals surface area contributed by atoms with Crippen molar-refractivity contribution < 1.29 is 14.3 Å². The van der Waals surface area contributed by atoms with E-state index in [2.05, 4.69) is 10.00 Å². The number of amides is 1. The van der Waals surface area contributed by atoms with Crippen LogP contribution in [0, 0.1) is 0 Å². The molecule has 9 heteroatoms. The zero-order valence-electron chi connectivity index (χ0n) is 18.1. The number of morpholine rings is 1. The van der Waals surface area contributed by atoms with Crippen molar-refractivity contribution in [1.82, 2.24) is 19.7 Å². The van der Waals surface area contributed by atoms with Gasteiger partial charge in [-0.05, 0) is 44.5 Å². The summed E-state index contributed by atoms with van der Waals surface area (Å²) in [4.78, 5) is 22.4. The van der Waals surface area contributed by atoms with Crippen LogP contribution < -0.4 is 9.64 Å². The average Bonchev–Trinajstić information content (AvgIpc) is 3.43. The maximum absolute atomic E-state index is 13.5. The number of aryl methyl sites for hydroxylation is 1. The van der Waals surface area contributed by atoms with Crippen molar-refractivity contribution in [3.8, 4) is 5.75 Å². The molecule has 0 unspecified atom stereocenters. The zero-order chi connectivity index (χ0) is 21.6. The number of ether oxygens (including phenoxy) is 2. The van der Waals surface area contributed by atoms with E-state index in [1.165, 1.54) is 11.3 Å². The normalized spacial score (nSPS) is 14.8. The Morgan fingerprint density at radius 2 is 2.10 bits per heavy atom. The van der Waals surface area contributed by atoms with E-state index in [1.807, 2.05) is 32.0 Å². The van der Waals surface area contributed by atoms with Crippen molar-refractivity contribution in [2.45, 2.75) is 26.8 Å². The number of thiazole rings is 1. The second kappa shape index (κ2) is 10.2. The largest absolute Gasteiger partial charge is 0.494 e. The topological polar surface area (TPSA) is 72.7 Å². The summed E-state index contributed by atoms with van der Waals surface area (Å²) in [6.07, 6.45) is 2.54. The van der Waals surface area contributed by atoms with Crippen molar-refractivity contribution in [2.24, 2.45) is 0 Å². The monoisotopic (exact) mass is 443 g/mol. The van der Waals surface area contributed by atoms with Gasteiger partial charge in [-0.3, -0.25) is 19.3 Å². The predicted octanol–water partition coefficient (Wildman–Crippen LogP) is 3.28. The van der Waals surface area contributed by atoms with Crippen LogP contribution in [0.1, 0.15) is 30.8 Å². The van der Waals surface area contributed by atoms with E-state index in [-0.39, 0.29) is 5.91 Å². The smallest absolute Gasteiger partial charge is 0.278 e. The standard InChI is InChI=1S/C22H29N5O3S/c1-3-27-19(8-9-23-27)21(28)26(11-5-10-25-12-14-29-15-13-25)22-24-18-7-6-17(30-4-2)16-20(18)31-22/h6-9,16H,3-5,10-15H2,1-2H3. The van der Waals surface area contributed by atoms with Crippen LogP contribution in [-0.4, -0.2) is 71.6 Å². The second-order valence-electron chi connectivity index (χ2n) is 7.36. The molecule has 31 heavy (non-hydrogen) atoms. The van der Waals surface area contributed by atoms with Gasteiger partial charge in [0.15, 0.2) is 5.13 Å². The van der Waals surface area contributed by atoms with Gasteiger partial charge in [0.1, 0.15) is 11.4 Å². The fraction of sp³-hybridized carbons (Fsp3) is 0.500. The predicted molar refractivity (Wildman–Crippen MR) is 122 cm³/mol. The van der Waals surface area contributed by atoms with E-state index in [0.29, 0.717) is 30.5 Å². The number of benzene rings is 1. The van der Waals surface area contributed by atoms with Crippen molar-refractivity contribution >= 4 is 32.6 Å². The number of nitrogens with zero attached hydrogens (tertiary/aromatic N) is 5. The third kappa shape index (κ3) is 5.06. The Morgan fingerprint density at radius 1 is 1.26 bits per heavy atom. The van der Waals surface area contributed by atoms with E-state index in [4.69, 9.17) is 14.5 Å². The van der Waals surface area contributed by atoms with Gasteiger partial charge in [0.05, 0.1) is 30.0 Å². The summed E-state index contributed by atoms with van der Waals surface area (Å²) >= 11 is 1.52. The highest BCUT2D eigenvalue weighted by Crippen LogP contribution is 2.32. The Morgan fingerprint density at radius 3 is 2.87 bits per heavy atom. The summed E-state index contributed by atoms with van der Waals surface area (Å²) in [5.74, 6) is 0.755. The maximum Gasteiger partial charge on any atom is 0.278 e. The van der Waals surface area contributed by atoms with Crippen LogP contribution in [0.25, 0.3) is 10.2 Å². The lowest BCUT2D eigenvalue weighted by Crippen LogP contribution is -2.39. The molecule has 0 saturated carbocycles. The molecule has 1 amide bonds. The molecule has 1 aliphatic rings. The molecule has 1 aliphatic heterocycles. The van der Waals surface area contributed by atoms with Gasteiger partial charge in [0.2, 0.25) is 0 Å². The van der Waals surface area contributed by atoms with Gasteiger partial charge in [-0.15, -0.1) is 0 Å². The Hall–Kier alpha value is -2.49. The molecule has 4 rings (SSSR count).